The van der Waals surface area contributed by atoms with E-state index in [1.54, 1.807) is 0 Å². The summed E-state index contributed by atoms with van der Waals surface area (Å²) in [6.07, 6.45) is 0. The first-order valence-electron chi connectivity index (χ1n) is 30.5. The van der Waals surface area contributed by atoms with Crippen LogP contribution in [0.3, 0.4) is 0 Å². The molecule has 0 saturated carbocycles. The van der Waals surface area contributed by atoms with Crippen molar-refractivity contribution in [1.29, 1.82) is 0 Å². The average Bonchev–Trinajstić information content (AvgIpc) is 1.55. The van der Waals surface area contributed by atoms with Gasteiger partial charge < -0.3 is 4.42 Å². The van der Waals surface area contributed by atoms with E-state index in [9.17, 15) is 0 Å². The quantitative estimate of drug-likeness (QED) is 0.126. The van der Waals surface area contributed by atoms with Crippen LogP contribution in [0.25, 0.3) is 167 Å². The monoisotopic (exact) mass is 1160 g/mol. The van der Waals surface area contributed by atoms with E-state index < -0.39 is 0 Å². The van der Waals surface area contributed by atoms with Crippen molar-refractivity contribution in [1.82, 2.24) is 29.9 Å². The van der Waals surface area contributed by atoms with Gasteiger partial charge in [-0.1, -0.05) is 303 Å². The summed E-state index contributed by atoms with van der Waals surface area (Å²) in [7, 11) is 0. The number of hydrogen-bond acceptors (Lipinski definition) is 7. The molecule has 0 aliphatic heterocycles. The SMILES string of the molecule is c1ccc(-c2nc(-c3ccccc3)nc(-c3ccc(-c4cccc(-c5ccc6c7ccccc7c7ccccc7c6c5)c4)cc3)n2)cc1.c1ccc(-c2nc(-c3ccccc3)nc(-c3cccc(-c4ccc(-c5cccc6c5oc5ccccc56)cc4)c3)n2)cc1. The molecule has 3 heterocycles. The largest absolute Gasteiger partial charge is 0.455 e. The lowest BCUT2D eigenvalue weighted by Gasteiger charge is -2.13. The zero-order valence-corrected chi connectivity index (χ0v) is 49.3. The Morgan fingerprint density at radius 2 is 0.451 bits per heavy atom. The maximum atomic E-state index is 6.28. The van der Waals surface area contributed by atoms with Crippen molar-refractivity contribution in [2.24, 2.45) is 0 Å². The molecule has 0 amide bonds. The molecular weight excluding hydrogens is 1110 g/mol. The summed E-state index contributed by atoms with van der Waals surface area (Å²) in [5.41, 5.74) is 16.6. The summed E-state index contributed by atoms with van der Waals surface area (Å²) in [5.74, 6) is 3.92. The number of furan rings is 1. The fraction of sp³-hybridized carbons (Fsp3) is 0. The molecule has 0 aliphatic rings. The van der Waals surface area contributed by atoms with E-state index in [1.807, 2.05) is 133 Å². The molecule has 7 nitrogen and oxygen atoms in total. The topological polar surface area (TPSA) is 90.5 Å². The van der Waals surface area contributed by atoms with E-state index in [-0.39, 0.29) is 0 Å². The van der Waals surface area contributed by atoms with Crippen LogP contribution in [0.1, 0.15) is 0 Å². The Morgan fingerprint density at radius 3 is 0.923 bits per heavy atom. The highest BCUT2D eigenvalue weighted by atomic mass is 16.3. The molecule has 0 aliphatic carbocycles. The number of fused-ring (bicyclic) bond motifs is 9. The van der Waals surface area contributed by atoms with Crippen LogP contribution in [0.4, 0.5) is 0 Å². The van der Waals surface area contributed by atoms with E-state index in [4.69, 9.17) is 34.3 Å². The summed E-state index contributed by atoms with van der Waals surface area (Å²) in [6.45, 7) is 0. The maximum absolute atomic E-state index is 6.28. The summed E-state index contributed by atoms with van der Waals surface area (Å²) in [4.78, 5) is 29.3. The van der Waals surface area contributed by atoms with Gasteiger partial charge in [-0.15, -0.1) is 0 Å². The molecule has 0 fully saturated rings. The molecule has 17 aromatic rings. The number of aromatic nitrogens is 6. The third-order valence-electron chi connectivity index (χ3n) is 16.9. The van der Waals surface area contributed by atoms with Crippen LogP contribution in [0.2, 0.25) is 0 Å². The van der Waals surface area contributed by atoms with Crippen LogP contribution < -0.4 is 0 Å². The van der Waals surface area contributed by atoms with Gasteiger partial charge in [-0.2, -0.15) is 0 Å². The van der Waals surface area contributed by atoms with E-state index in [0.717, 1.165) is 88.7 Å². The Hall–Kier alpha value is -12.3. The predicted molar refractivity (Wildman–Crippen MR) is 374 cm³/mol. The maximum Gasteiger partial charge on any atom is 0.164 e. The molecule has 0 spiro atoms. The van der Waals surface area contributed by atoms with E-state index in [0.29, 0.717) is 34.9 Å². The molecule has 0 saturated heterocycles. The standard InChI is InChI=1S/C45H29N3.C39H25N3O/c1-3-12-31(13-4-1)43-46-44(32-14-5-2-6-15-32)48-45(47-43)33-24-22-30(23-25-33)34-16-11-17-35(28-34)36-26-27-41-39-20-8-7-18-37(39)38-19-9-10-21-40(38)42(41)29-36;1-3-11-28(12-4-1)37-40-38(29-13-5-2-6-14-29)42-39(41-37)31-16-9-15-30(25-31)26-21-23-27(24-22-26)32-18-10-19-34-33-17-7-8-20-35(33)43-36(32)34/h1-29H;1-25H. The number of rotatable bonds is 10. The Morgan fingerprint density at radius 1 is 0.165 bits per heavy atom. The lowest BCUT2D eigenvalue weighted by atomic mass is 9.91. The van der Waals surface area contributed by atoms with Crippen LogP contribution >= 0.6 is 0 Å². The molecule has 7 heteroatoms. The van der Waals surface area contributed by atoms with Crippen molar-refractivity contribution < 1.29 is 4.42 Å². The van der Waals surface area contributed by atoms with E-state index in [1.165, 1.54) is 43.4 Å². The third kappa shape index (κ3) is 10.7. The first-order chi connectivity index (χ1) is 45.1. The number of hydrogen-bond donors (Lipinski definition) is 0. The molecular formula is C84H54N6O. The van der Waals surface area contributed by atoms with Crippen molar-refractivity contribution >= 4 is 54.3 Å². The Kier molecular flexibility index (Phi) is 14.1. The van der Waals surface area contributed by atoms with Crippen molar-refractivity contribution in [3.05, 3.63) is 328 Å². The first-order valence-corrected chi connectivity index (χ1v) is 30.5. The average molecular weight is 1160 g/mol. The smallest absolute Gasteiger partial charge is 0.164 e. The van der Waals surface area contributed by atoms with Gasteiger partial charge in [0, 0.05) is 49.7 Å². The van der Waals surface area contributed by atoms with Crippen LogP contribution in [0.15, 0.2) is 332 Å². The van der Waals surface area contributed by atoms with E-state index in [2.05, 4.69) is 194 Å². The van der Waals surface area contributed by atoms with Crippen LogP contribution in [-0.4, -0.2) is 29.9 Å². The fourth-order valence-electron chi connectivity index (χ4n) is 12.3. The Balaban J connectivity index is 0.000000146. The molecule has 0 bridgehead atoms. The summed E-state index contributed by atoms with van der Waals surface area (Å²) in [5, 5.41) is 9.98. The molecule has 0 unspecified atom stereocenters. The van der Waals surface area contributed by atoms with Gasteiger partial charge in [0.1, 0.15) is 11.2 Å². The van der Waals surface area contributed by atoms with Crippen LogP contribution in [0.5, 0.6) is 0 Å². The second-order valence-electron chi connectivity index (χ2n) is 22.5. The summed E-state index contributed by atoms with van der Waals surface area (Å²) < 4.78 is 6.28. The second kappa shape index (κ2) is 23.7. The fourth-order valence-corrected chi connectivity index (χ4v) is 12.3. The molecule has 0 radical (unpaired) electrons. The molecule has 14 aromatic carbocycles. The van der Waals surface area contributed by atoms with Gasteiger partial charge in [-0.05, 0) is 95.5 Å². The number of nitrogens with zero attached hydrogens (tertiary/aromatic N) is 6. The zero-order valence-electron chi connectivity index (χ0n) is 49.3. The molecule has 426 valence electrons. The lowest BCUT2D eigenvalue weighted by Crippen LogP contribution is -2.00. The van der Waals surface area contributed by atoms with Crippen molar-refractivity contribution in [2.75, 3.05) is 0 Å². The van der Waals surface area contributed by atoms with Gasteiger partial charge in [0.05, 0.1) is 0 Å². The Bertz CT molecular complexity index is 5350. The highest BCUT2D eigenvalue weighted by Crippen LogP contribution is 2.40. The molecule has 3 aromatic heterocycles. The molecule has 0 atom stereocenters. The van der Waals surface area contributed by atoms with Gasteiger partial charge in [-0.25, -0.2) is 29.9 Å². The number of benzene rings is 14. The van der Waals surface area contributed by atoms with Crippen molar-refractivity contribution in [3.8, 4) is 113 Å². The second-order valence-corrected chi connectivity index (χ2v) is 22.5. The Labute approximate surface area is 526 Å². The minimum atomic E-state index is 0.641. The normalized spacial score (nSPS) is 11.3. The van der Waals surface area contributed by atoms with Gasteiger partial charge in [0.2, 0.25) is 0 Å². The van der Waals surface area contributed by atoms with Crippen molar-refractivity contribution in [3.63, 3.8) is 0 Å². The van der Waals surface area contributed by atoms with Crippen LogP contribution in [-0.2, 0) is 0 Å². The highest BCUT2D eigenvalue weighted by molar-refractivity contribution is 6.25. The minimum absolute atomic E-state index is 0.641. The molecule has 0 N–H and O–H groups in total. The van der Waals surface area contributed by atoms with E-state index >= 15 is 0 Å². The summed E-state index contributed by atoms with van der Waals surface area (Å²) >= 11 is 0. The van der Waals surface area contributed by atoms with Gasteiger partial charge in [0.15, 0.2) is 34.9 Å². The van der Waals surface area contributed by atoms with Gasteiger partial charge >= 0.3 is 0 Å². The van der Waals surface area contributed by atoms with Gasteiger partial charge in [-0.3, -0.25) is 0 Å². The van der Waals surface area contributed by atoms with Gasteiger partial charge in [0.25, 0.3) is 0 Å². The first kappa shape index (κ1) is 54.1. The number of para-hydroxylation sites is 2. The summed E-state index contributed by atoms with van der Waals surface area (Å²) in [6, 6.07) is 113. The predicted octanol–water partition coefficient (Wildman–Crippen LogP) is 21.8. The highest BCUT2D eigenvalue weighted by Gasteiger charge is 2.17. The minimum Gasteiger partial charge on any atom is -0.455 e. The molecule has 17 rings (SSSR count). The van der Waals surface area contributed by atoms with Crippen molar-refractivity contribution in [2.45, 2.75) is 0 Å². The lowest BCUT2D eigenvalue weighted by molar-refractivity contribution is 0.670. The molecule has 91 heavy (non-hydrogen) atoms. The van der Waals surface area contributed by atoms with Crippen LogP contribution in [0, 0.1) is 0 Å². The third-order valence-corrected chi connectivity index (χ3v) is 16.9. The zero-order chi connectivity index (χ0) is 60.5.